The highest BCUT2D eigenvalue weighted by Gasteiger charge is 2.25. The number of carbonyl (C=O) groups excluding carboxylic acids is 1. The Bertz CT molecular complexity index is 1260. The number of nitrogens with zero attached hydrogens (tertiary/aromatic N) is 3. The van der Waals surface area contributed by atoms with Crippen LogP contribution in [0.4, 0.5) is 21.7 Å². The first-order valence-electron chi connectivity index (χ1n) is 8.98. The van der Waals surface area contributed by atoms with Crippen molar-refractivity contribution in [2.24, 2.45) is 5.73 Å². The lowest BCUT2D eigenvalue weighted by Crippen LogP contribution is -2.42. The topological polar surface area (TPSA) is 118 Å². The lowest BCUT2D eigenvalue weighted by molar-refractivity contribution is 0.0947. The molecule has 0 bridgehead atoms. The van der Waals surface area contributed by atoms with Crippen molar-refractivity contribution in [1.82, 2.24) is 20.3 Å². The lowest BCUT2D eigenvalue weighted by atomic mass is 10.1. The standard InChI is InChI=1S/C19H16FN7OS/c20-13-5-15(24-8-23-13)27-14-4-1-10-11(26-14)2-3-12-16(10)17-18(29-12)19(28)25-9(6-21)7-22-17/h1-5,8-9,22H,6-7,21H2,(H,25,28)(H,23,24,26,27)/t9-/m0/s1. The van der Waals surface area contributed by atoms with Gasteiger partial charge in [0.1, 0.15) is 22.8 Å². The number of fused-ring (bicyclic) bond motifs is 5. The predicted octanol–water partition coefficient (Wildman–Crippen LogP) is 2.60. The summed E-state index contributed by atoms with van der Waals surface area (Å²) in [6, 6.07) is 8.67. The fraction of sp³-hybridized carbons (Fsp3) is 0.158. The summed E-state index contributed by atoms with van der Waals surface area (Å²) in [6.45, 7) is 0.927. The summed E-state index contributed by atoms with van der Waals surface area (Å²) in [7, 11) is 0. The number of benzene rings is 1. The number of amides is 1. The van der Waals surface area contributed by atoms with Crippen molar-refractivity contribution in [2.75, 3.05) is 23.7 Å². The number of halogens is 1. The minimum absolute atomic E-state index is 0.116. The molecule has 0 unspecified atom stereocenters. The van der Waals surface area contributed by atoms with E-state index < -0.39 is 5.95 Å². The molecule has 1 amide bonds. The summed E-state index contributed by atoms with van der Waals surface area (Å²) in [4.78, 5) is 25.3. The molecule has 0 saturated carbocycles. The monoisotopic (exact) mass is 409 g/mol. The molecule has 1 atom stereocenters. The van der Waals surface area contributed by atoms with Crippen molar-refractivity contribution < 1.29 is 9.18 Å². The molecule has 0 spiro atoms. The van der Waals surface area contributed by atoms with Crippen LogP contribution in [0, 0.1) is 5.95 Å². The second-order valence-electron chi connectivity index (χ2n) is 6.65. The number of hydrogen-bond donors (Lipinski definition) is 4. The first-order chi connectivity index (χ1) is 14.1. The summed E-state index contributed by atoms with van der Waals surface area (Å²) >= 11 is 1.44. The smallest absolute Gasteiger partial charge is 0.263 e. The van der Waals surface area contributed by atoms with E-state index in [1.54, 1.807) is 6.07 Å². The number of aromatic nitrogens is 3. The van der Waals surface area contributed by atoms with Crippen molar-refractivity contribution in [1.29, 1.82) is 0 Å². The van der Waals surface area contributed by atoms with Crippen molar-refractivity contribution in [3.63, 3.8) is 0 Å². The molecule has 3 aromatic heterocycles. The SMILES string of the molecule is NC[C@H]1CNc2c(sc3ccc4nc(Nc5cc(F)ncn5)ccc4c23)C(=O)N1. The van der Waals surface area contributed by atoms with E-state index in [0.717, 1.165) is 33.0 Å². The molecule has 5 N–H and O–H groups in total. The van der Waals surface area contributed by atoms with E-state index in [9.17, 15) is 9.18 Å². The minimum Gasteiger partial charge on any atom is -0.381 e. The third-order valence-corrected chi connectivity index (χ3v) is 5.92. The van der Waals surface area contributed by atoms with E-state index in [4.69, 9.17) is 5.73 Å². The molecule has 4 heterocycles. The van der Waals surface area contributed by atoms with E-state index >= 15 is 0 Å². The largest absolute Gasteiger partial charge is 0.381 e. The summed E-state index contributed by atoms with van der Waals surface area (Å²) in [6.07, 6.45) is 1.15. The maximum atomic E-state index is 13.3. The molecule has 10 heteroatoms. The van der Waals surface area contributed by atoms with Crippen LogP contribution in [0.3, 0.4) is 0 Å². The third kappa shape index (κ3) is 3.12. The Hall–Kier alpha value is -3.37. The van der Waals surface area contributed by atoms with Crippen LogP contribution >= 0.6 is 11.3 Å². The molecule has 146 valence electrons. The van der Waals surface area contributed by atoms with Crippen molar-refractivity contribution in [2.45, 2.75) is 6.04 Å². The lowest BCUT2D eigenvalue weighted by Gasteiger charge is -2.13. The number of hydrogen-bond acceptors (Lipinski definition) is 8. The molecule has 5 rings (SSSR count). The van der Waals surface area contributed by atoms with Gasteiger partial charge in [-0.25, -0.2) is 15.0 Å². The Morgan fingerprint density at radius 1 is 1.24 bits per heavy atom. The Kier molecular flexibility index (Phi) is 4.22. The second kappa shape index (κ2) is 6.90. The van der Waals surface area contributed by atoms with Gasteiger partial charge in [-0.15, -0.1) is 11.3 Å². The van der Waals surface area contributed by atoms with Gasteiger partial charge in [-0.3, -0.25) is 4.79 Å². The van der Waals surface area contributed by atoms with Crippen LogP contribution in [-0.4, -0.2) is 40.0 Å². The molecule has 1 aliphatic rings. The fourth-order valence-electron chi connectivity index (χ4n) is 3.40. The first kappa shape index (κ1) is 17.7. The Balaban J connectivity index is 1.59. The zero-order valence-corrected chi connectivity index (χ0v) is 15.9. The number of rotatable bonds is 3. The molecule has 0 saturated heterocycles. The molecule has 8 nitrogen and oxygen atoms in total. The summed E-state index contributed by atoms with van der Waals surface area (Å²) in [5.41, 5.74) is 7.29. The summed E-state index contributed by atoms with van der Waals surface area (Å²) in [5, 5.41) is 11.2. The highest BCUT2D eigenvalue weighted by molar-refractivity contribution is 7.21. The fourth-order valence-corrected chi connectivity index (χ4v) is 4.50. The second-order valence-corrected chi connectivity index (χ2v) is 7.70. The van der Waals surface area contributed by atoms with Crippen LogP contribution in [0.2, 0.25) is 0 Å². The maximum Gasteiger partial charge on any atom is 0.263 e. The van der Waals surface area contributed by atoms with E-state index in [1.807, 2.05) is 18.2 Å². The molecule has 29 heavy (non-hydrogen) atoms. The van der Waals surface area contributed by atoms with Gasteiger partial charge in [0.05, 0.1) is 17.2 Å². The zero-order valence-electron chi connectivity index (χ0n) is 15.1. The van der Waals surface area contributed by atoms with Crippen LogP contribution in [0.5, 0.6) is 0 Å². The quantitative estimate of drug-likeness (QED) is 0.384. The van der Waals surface area contributed by atoms with Crippen LogP contribution in [0.1, 0.15) is 9.67 Å². The van der Waals surface area contributed by atoms with Crippen molar-refractivity contribution in [3.05, 3.63) is 47.5 Å². The van der Waals surface area contributed by atoms with Gasteiger partial charge in [-0.2, -0.15) is 4.39 Å². The average molecular weight is 409 g/mol. The van der Waals surface area contributed by atoms with E-state index in [0.29, 0.717) is 29.6 Å². The molecule has 0 radical (unpaired) electrons. The zero-order chi connectivity index (χ0) is 20.0. The van der Waals surface area contributed by atoms with Gasteiger partial charge in [0.2, 0.25) is 5.95 Å². The average Bonchev–Trinajstić information content (AvgIpc) is 3.02. The number of nitrogens with two attached hydrogens (primary N) is 1. The van der Waals surface area contributed by atoms with Gasteiger partial charge in [0.25, 0.3) is 5.91 Å². The van der Waals surface area contributed by atoms with Crippen molar-refractivity contribution >= 4 is 55.6 Å². The highest BCUT2D eigenvalue weighted by Crippen LogP contribution is 2.41. The van der Waals surface area contributed by atoms with Crippen LogP contribution in [0.25, 0.3) is 21.0 Å². The van der Waals surface area contributed by atoms with Crippen LogP contribution < -0.4 is 21.7 Å². The van der Waals surface area contributed by atoms with Crippen LogP contribution in [0.15, 0.2) is 36.7 Å². The third-order valence-electron chi connectivity index (χ3n) is 4.76. The van der Waals surface area contributed by atoms with Crippen molar-refractivity contribution in [3.8, 4) is 0 Å². The minimum atomic E-state index is -0.619. The molecular formula is C19H16FN7OS. The summed E-state index contributed by atoms with van der Waals surface area (Å²) < 4.78 is 14.3. The van der Waals surface area contributed by atoms with Gasteiger partial charge in [-0.1, -0.05) is 0 Å². The molecule has 1 aromatic carbocycles. The highest BCUT2D eigenvalue weighted by atomic mass is 32.1. The molecule has 0 fully saturated rings. The predicted molar refractivity (Wildman–Crippen MR) is 111 cm³/mol. The Morgan fingerprint density at radius 2 is 2.14 bits per heavy atom. The maximum absolute atomic E-state index is 13.3. The van der Waals surface area contributed by atoms with E-state index in [-0.39, 0.29) is 11.9 Å². The van der Waals surface area contributed by atoms with Gasteiger partial charge in [0, 0.05) is 34.6 Å². The molecule has 1 aliphatic heterocycles. The number of nitrogens with one attached hydrogen (secondary N) is 3. The van der Waals surface area contributed by atoms with E-state index in [2.05, 4.69) is 30.9 Å². The van der Waals surface area contributed by atoms with Gasteiger partial charge in [-0.05, 0) is 24.3 Å². The molecule has 0 aliphatic carbocycles. The number of pyridine rings is 1. The summed E-state index contributed by atoms with van der Waals surface area (Å²) in [5.74, 6) is 0.115. The van der Waals surface area contributed by atoms with Gasteiger partial charge >= 0.3 is 0 Å². The molecular weight excluding hydrogens is 393 g/mol. The number of thiophene rings is 1. The first-order valence-corrected chi connectivity index (χ1v) is 9.79. The molecule has 4 aromatic rings. The number of anilines is 3. The normalized spacial score (nSPS) is 16.2. The Labute approximate surface area is 168 Å². The van der Waals surface area contributed by atoms with E-state index in [1.165, 1.54) is 17.4 Å². The van der Waals surface area contributed by atoms with Crippen LogP contribution in [-0.2, 0) is 0 Å². The Morgan fingerprint density at radius 3 is 2.97 bits per heavy atom. The van der Waals surface area contributed by atoms with Gasteiger partial charge in [0.15, 0.2) is 0 Å². The number of carbonyl (C=O) groups is 1. The van der Waals surface area contributed by atoms with Gasteiger partial charge < -0.3 is 21.7 Å².